The molecule has 0 aromatic heterocycles. The van der Waals surface area contributed by atoms with Gasteiger partial charge in [-0.15, -0.1) is 0 Å². The van der Waals surface area contributed by atoms with Crippen molar-refractivity contribution in [2.24, 2.45) is 5.73 Å². The second-order valence-electron chi connectivity index (χ2n) is 2.92. The van der Waals surface area contributed by atoms with Crippen molar-refractivity contribution in [1.29, 1.82) is 0 Å². The SMILES string of the molecule is CC(CN)S(=O)c1ccc(F)c(Cl)c1. The number of rotatable bonds is 3. The molecule has 2 N–H and O–H groups in total. The van der Waals surface area contributed by atoms with E-state index in [1.807, 2.05) is 0 Å². The van der Waals surface area contributed by atoms with Gasteiger partial charge in [0.05, 0.1) is 15.8 Å². The molecule has 14 heavy (non-hydrogen) atoms. The molecule has 0 radical (unpaired) electrons. The van der Waals surface area contributed by atoms with Gasteiger partial charge in [0.15, 0.2) is 0 Å². The standard InChI is InChI=1S/C9H11ClFNOS/c1-6(5-12)14(13)7-2-3-9(11)8(10)4-7/h2-4,6H,5,12H2,1H3. The summed E-state index contributed by atoms with van der Waals surface area (Å²) >= 11 is 5.57. The van der Waals surface area contributed by atoms with Crippen LogP contribution in [0.5, 0.6) is 0 Å². The van der Waals surface area contributed by atoms with E-state index in [1.165, 1.54) is 18.2 Å². The summed E-state index contributed by atoms with van der Waals surface area (Å²) in [6, 6.07) is 4.04. The molecule has 2 unspecified atom stereocenters. The van der Waals surface area contributed by atoms with Crippen molar-refractivity contribution in [1.82, 2.24) is 0 Å². The molecule has 0 saturated heterocycles. The number of benzene rings is 1. The molecule has 78 valence electrons. The Labute approximate surface area is 89.7 Å². The Morgan fingerprint density at radius 3 is 2.79 bits per heavy atom. The van der Waals surface area contributed by atoms with Gasteiger partial charge in [-0.3, -0.25) is 4.21 Å². The van der Waals surface area contributed by atoms with E-state index >= 15 is 0 Å². The predicted octanol–water partition coefficient (Wildman–Crippen LogP) is 1.93. The van der Waals surface area contributed by atoms with Crippen LogP contribution < -0.4 is 5.73 Å². The molecule has 1 aromatic carbocycles. The third kappa shape index (κ3) is 2.53. The molecular weight excluding hydrogens is 225 g/mol. The van der Waals surface area contributed by atoms with Crippen LogP contribution in [0.2, 0.25) is 5.02 Å². The Morgan fingerprint density at radius 2 is 2.29 bits per heavy atom. The first-order chi connectivity index (χ1) is 6.56. The molecule has 0 saturated carbocycles. The molecular formula is C9H11ClFNOS. The summed E-state index contributed by atoms with van der Waals surface area (Å²) in [5, 5.41) is -0.170. The molecule has 0 amide bonds. The molecule has 0 spiro atoms. The van der Waals surface area contributed by atoms with Crippen LogP contribution in [0.1, 0.15) is 6.92 Å². The van der Waals surface area contributed by atoms with Crippen LogP contribution in [0, 0.1) is 5.82 Å². The third-order valence-corrected chi connectivity index (χ3v) is 3.75. The molecule has 2 nitrogen and oxygen atoms in total. The lowest BCUT2D eigenvalue weighted by Crippen LogP contribution is -2.21. The molecule has 0 aliphatic carbocycles. The fourth-order valence-corrected chi connectivity index (χ4v) is 2.24. The number of hydrogen-bond donors (Lipinski definition) is 1. The highest BCUT2D eigenvalue weighted by atomic mass is 35.5. The first-order valence-electron chi connectivity index (χ1n) is 4.12. The summed E-state index contributed by atoms with van der Waals surface area (Å²) in [4.78, 5) is 0.509. The Hall–Kier alpha value is -0.450. The van der Waals surface area contributed by atoms with Gasteiger partial charge in [0, 0.05) is 16.7 Å². The maximum atomic E-state index is 12.8. The fraction of sp³-hybridized carbons (Fsp3) is 0.333. The van der Waals surface area contributed by atoms with E-state index in [-0.39, 0.29) is 10.3 Å². The predicted molar refractivity (Wildman–Crippen MR) is 56.3 cm³/mol. The third-order valence-electron chi connectivity index (χ3n) is 1.82. The van der Waals surface area contributed by atoms with Gasteiger partial charge in [0.1, 0.15) is 5.82 Å². The van der Waals surface area contributed by atoms with Crippen molar-refractivity contribution in [3.63, 3.8) is 0 Å². The van der Waals surface area contributed by atoms with E-state index in [0.29, 0.717) is 11.4 Å². The maximum Gasteiger partial charge on any atom is 0.141 e. The smallest absolute Gasteiger partial charge is 0.141 e. The van der Waals surface area contributed by atoms with E-state index in [1.54, 1.807) is 6.92 Å². The molecule has 0 fully saturated rings. The van der Waals surface area contributed by atoms with Gasteiger partial charge in [0.25, 0.3) is 0 Å². The summed E-state index contributed by atoms with van der Waals surface area (Å²) in [6.07, 6.45) is 0. The Kier molecular flexibility index (Phi) is 4.04. The summed E-state index contributed by atoms with van der Waals surface area (Å²) < 4.78 is 24.5. The van der Waals surface area contributed by atoms with Crippen LogP contribution in [0.15, 0.2) is 23.1 Å². The van der Waals surface area contributed by atoms with Crippen molar-refractivity contribution in [3.05, 3.63) is 29.0 Å². The molecule has 1 rings (SSSR count). The quantitative estimate of drug-likeness (QED) is 0.870. The lowest BCUT2D eigenvalue weighted by molar-refractivity contribution is 0.626. The summed E-state index contributed by atoms with van der Waals surface area (Å²) in [7, 11) is -1.22. The van der Waals surface area contributed by atoms with E-state index in [9.17, 15) is 8.60 Å². The topological polar surface area (TPSA) is 43.1 Å². The normalized spacial score (nSPS) is 15.1. The fourth-order valence-electron chi connectivity index (χ4n) is 0.922. The maximum absolute atomic E-state index is 12.8. The zero-order valence-electron chi connectivity index (χ0n) is 7.67. The highest BCUT2D eigenvalue weighted by Crippen LogP contribution is 2.19. The minimum absolute atomic E-state index is 0.0138. The average Bonchev–Trinajstić information content (AvgIpc) is 2.20. The van der Waals surface area contributed by atoms with Gasteiger partial charge in [0.2, 0.25) is 0 Å². The number of hydrogen-bond acceptors (Lipinski definition) is 2. The van der Waals surface area contributed by atoms with Gasteiger partial charge in [-0.1, -0.05) is 11.6 Å². The molecule has 2 atom stereocenters. The van der Waals surface area contributed by atoms with E-state index in [2.05, 4.69) is 0 Å². The van der Waals surface area contributed by atoms with E-state index < -0.39 is 16.6 Å². The highest BCUT2D eigenvalue weighted by Gasteiger charge is 2.12. The lowest BCUT2D eigenvalue weighted by atomic mass is 10.3. The lowest BCUT2D eigenvalue weighted by Gasteiger charge is -2.08. The molecule has 5 heteroatoms. The number of halogens is 2. The second-order valence-corrected chi connectivity index (χ2v) is 5.20. The van der Waals surface area contributed by atoms with Gasteiger partial charge < -0.3 is 5.73 Å². The Balaban J connectivity index is 2.97. The summed E-state index contributed by atoms with van der Waals surface area (Å²) in [6.45, 7) is 2.09. The highest BCUT2D eigenvalue weighted by molar-refractivity contribution is 7.85. The van der Waals surface area contributed by atoms with Crippen molar-refractivity contribution < 1.29 is 8.60 Å². The van der Waals surface area contributed by atoms with Gasteiger partial charge in [-0.25, -0.2) is 4.39 Å². The van der Waals surface area contributed by atoms with Crippen LogP contribution in [0.4, 0.5) is 4.39 Å². The van der Waals surface area contributed by atoms with E-state index in [0.717, 1.165) is 0 Å². The molecule has 0 heterocycles. The molecule has 1 aromatic rings. The number of nitrogens with two attached hydrogens (primary N) is 1. The molecule has 0 aliphatic heterocycles. The summed E-state index contributed by atoms with van der Waals surface area (Å²) in [5.74, 6) is -0.507. The van der Waals surface area contributed by atoms with Crippen molar-refractivity contribution >= 4 is 22.4 Å². The van der Waals surface area contributed by atoms with Gasteiger partial charge >= 0.3 is 0 Å². The molecule has 0 bridgehead atoms. The average molecular weight is 236 g/mol. The zero-order valence-corrected chi connectivity index (χ0v) is 9.24. The molecule has 0 aliphatic rings. The second kappa shape index (κ2) is 4.87. The Bertz CT molecular complexity index is 359. The first-order valence-corrected chi connectivity index (χ1v) is 5.71. The first kappa shape index (κ1) is 11.6. The van der Waals surface area contributed by atoms with Crippen molar-refractivity contribution in [3.8, 4) is 0 Å². The van der Waals surface area contributed by atoms with Gasteiger partial charge in [-0.2, -0.15) is 0 Å². The van der Waals surface area contributed by atoms with Crippen LogP contribution in [0.25, 0.3) is 0 Å². The zero-order chi connectivity index (χ0) is 10.7. The van der Waals surface area contributed by atoms with Gasteiger partial charge in [-0.05, 0) is 25.1 Å². The Morgan fingerprint density at radius 1 is 1.64 bits per heavy atom. The van der Waals surface area contributed by atoms with Crippen molar-refractivity contribution in [2.45, 2.75) is 17.1 Å². The minimum Gasteiger partial charge on any atom is -0.329 e. The van der Waals surface area contributed by atoms with Crippen molar-refractivity contribution in [2.75, 3.05) is 6.54 Å². The van der Waals surface area contributed by atoms with Crippen LogP contribution in [-0.4, -0.2) is 16.0 Å². The van der Waals surface area contributed by atoms with Crippen LogP contribution in [-0.2, 0) is 10.8 Å². The van der Waals surface area contributed by atoms with E-state index in [4.69, 9.17) is 17.3 Å². The van der Waals surface area contributed by atoms with Crippen LogP contribution >= 0.6 is 11.6 Å². The largest absolute Gasteiger partial charge is 0.329 e. The monoisotopic (exact) mass is 235 g/mol. The minimum atomic E-state index is -1.22. The summed E-state index contributed by atoms with van der Waals surface area (Å²) in [5.41, 5.74) is 5.38. The van der Waals surface area contributed by atoms with Crippen LogP contribution in [0.3, 0.4) is 0 Å².